The Morgan fingerprint density at radius 2 is 2.10 bits per heavy atom. The van der Waals surface area contributed by atoms with Gasteiger partial charge in [0.25, 0.3) is 0 Å². The molecule has 1 saturated carbocycles. The topological polar surface area (TPSA) is 122 Å². The third kappa shape index (κ3) is 3.98. The summed E-state index contributed by atoms with van der Waals surface area (Å²) in [5.41, 5.74) is 8.03. The Kier molecular flexibility index (Phi) is 5.53. The van der Waals surface area contributed by atoms with Gasteiger partial charge in [-0.05, 0) is 45.1 Å². The highest BCUT2D eigenvalue weighted by molar-refractivity contribution is 5.90. The minimum Gasteiger partial charge on any atom is -0.352 e. The van der Waals surface area contributed by atoms with E-state index in [1.165, 1.54) is 0 Å². The molecular weight excluding hydrogens is 366 g/mol. The molecule has 4 N–H and O–H groups in total. The Morgan fingerprint density at radius 3 is 2.83 bits per heavy atom. The summed E-state index contributed by atoms with van der Waals surface area (Å²) in [4.78, 5) is 21.5. The van der Waals surface area contributed by atoms with Gasteiger partial charge in [0, 0.05) is 37.9 Å². The molecule has 2 aliphatic rings. The van der Waals surface area contributed by atoms with Crippen molar-refractivity contribution in [3.63, 3.8) is 0 Å². The summed E-state index contributed by atoms with van der Waals surface area (Å²) >= 11 is 0. The number of piperazine rings is 1. The van der Waals surface area contributed by atoms with Crippen LogP contribution in [0.3, 0.4) is 0 Å². The van der Waals surface area contributed by atoms with E-state index in [4.69, 9.17) is 10.7 Å². The lowest BCUT2D eigenvalue weighted by molar-refractivity contribution is 0.287. The number of nitriles is 1. The van der Waals surface area contributed by atoms with Crippen LogP contribution < -0.4 is 16.0 Å². The third-order valence-corrected chi connectivity index (χ3v) is 6.06. The highest BCUT2D eigenvalue weighted by atomic mass is 15.4. The van der Waals surface area contributed by atoms with Crippen LogP contribution in [0.1, 0.15) is 38.2 Å². The van der Waals surface area contributed by atoms with Gasteiger partial charge in [0.2, 0.25) is 5.96 Å². The Hall–Kier alpha value is -2.86. The van der Waals surface area contributed by atoms with E-state index in [9.17, 15) is 5.26 Å². The highest BCUT2D eigenvalue weighted by Crippen LogP contribution is 2.28. The van der Waals surface area contributed by atoms with E-state index in [1.54, 1.807) is 6.33 Å². The molecule has 2 aromatic heterocycles. The first-order valence-electron chi connectivity index (χ1n) is 10.4. The number of aliphatic imine (C=N–C) groups is 1. The lowest BCUT2D eigenvalue weighted by Gasteiger charge is -2.42. The Balaban J connectivity index is 1.51. The molecule has 9 heteroatoms. The highest BCUT2D eigenvalue weighted by Gasteiger charge is 2.29. The molecule has 1 atom stereocenters. The molecule has 2 fully saturated rings. The van der Waals surface area contributed by atoms with Gasteiger partial charge in [0.15, 0.2) is 6.19 Å². The summed E-state index contributed by atoms with van der Waals surface area (Å²) < 4.78 is 0. The Morgan fingerprint density at radius 1 is 1.31 bits per heavy atom. The van der Waals surface area contributed by atoms with Crippen LogP contribution in [0.2, 0.25) is 0 Å². The molecule has 3 heterocycles. The number of nitrogens with zero attached hydrogens (tertiary/aromatic N) is 6. The molecule has 154 valence electrons. The second-order valence-electron chi connectivity index (χ2n) is 8.14. The summed E-state index contributed by atoms with van der Waals surface area (Å²) in [5.74, 6) is 1.65. The number of H-pyrrole nitrogens is 1. The fourth-order valence-corrected chi connectivity index (χ4v) is 4.43. The second kappa shape index (κ2) is 8.25. The first-order chi connectivity index (χ1) is 14.1. The number of hydrogen-bond donors (Lipinski definition) is 3. The average molecular weight is 396 g/mol. The summed E-state index contributed by atoms with van der Waals surface area (Å²) in [7, 11) is 0. The van der Waals surface area contributed by atoms with Gasteiger partial charge < -0.3 is 20.5 Å². The number of aromatic amines is 1. The maximum atomic E-state index is 9.26. The summed E-state index contributed by atoms with van der Waals surface area (Å²) in [6, 6.07) is 0.719. The van der Waals surface area contributed by atoms with E-state index in [0.717, 1.165) is 67.7 Å². The fraction of sp³-hybridized carbons (Fsp3) is 0.600. The third-order valence-electron chi connectivity index (χ3n) is 6.06. The quantitative estimate of drug-likeness (QED) is 0.305. The number of aryl methyl sites for hydroxylation is 1. The molecule has 1 saturated heterocycles. The Labute approximate surface area is 171 Å². The van der Waals surface area contributed by atoms with E-state index >= 15 is 0 Å². The van der Waals surface area contributed by atoms with E-state index in [2.05, 4.69) is 50.1 Å². The predicted molar refractivity (Wildman–Crippen MR) is 113 cm³/mol. The molecule has 0 aromatic carbocycles. The molecule has 1 aliphatic carbocycles. The number of guanidine groups is 1. The minimum atomic E-state index is 0.193. The van der Waals surface area contributed by atoms with Gasteiger partial charge in [0.1, 0.15) is 17.8 Å². The van der Waals surface area contributed by atoms with Gasteiger partial charge in [-0.25, -0.2) is 15.0 Å². The van der Waals surface area contributed by atoms with Crippen molar-refractivity contribution >= 4 is 22.8 Å². The Bertz CT molecular complexity index is 920. The maximum Gasteiger partial charge on any atom is 0.208 e. The monoisotopic (exact) mass is 395 g/mol. The fourth-order valence-electron chi connectivity index (χ4n) is 4.43. The van der Waals surface area contributed by atoms with Crippen molar-refractivity contribution in [1.29, 1.82) is 5.26 Å². The lowest BCUT2D eigenvalue weighted by Crippen LogP contribution is -2.57. The van der Waals surface area contributed by atoms with Gasteiger partial charge in [-0.1, -0.05) is 0 Å². The number of rotatable bonds is 2. The van der Waals surface area contributed by atoms with Gasteiger partial charge in [-0.2, -0.15) is 5.26 Å². The molecule has 0 bridgehead atoms. The van der Waals surface area contributed by atoms with Crippen LogP contribution >= 0.6 is 0 Å². The van der Waals surface area contributed by atoms with Crippen molar-refractivity contribution in [2.24, 2.45) is 10.7 Å². The van der Waals surface area contributed by atoms with E-state index < -0.39 is 0 Å². The van der Waals surface area contributed by atoms with Gasteiger partial charge in [-0.3, -0.25) is 5.32 Å². The number of aromatic nitrogens is 3. The molecule has 1 aliphatic heterocycles. The molecule has 0 amide bonds. The van der Waals surface area contributed by atoms with Crippen molar-refractivity contribution in [3.05, 3.63) is 18.1 Å². The van der Waals surface area contributed by atoms with Crippen LogP contribution in [0.25, 0.3) is 11.0 Å². The summed E-state index contributed by atoms with van der Waals surface area (Å²) in [5, 5.41) is 13.2. The van der Waals surface area contributed by atoms with Gasteiger partial charge >= 0.3 is 0 Å². The molecular formula is C20H29N9. The first kappa shape index (κ1) is 19.5. The molecule has 0 unspecified atom stereocenters. The van der Waals surface area contributed by atoms with Crippen LogP contribution in [0.4, 0.5) is 5.82 Å². The van der Waals surface area contributed by atoms with Crippen molar-refractivity contribution < 1.29 is 0 Å². The van der Waals surface area contributed by atoms with Crippen molar-refractivity contribution in [3.8, 4) is 6.19 Å². The normalized spacial score (nSPS) is 25.9. The molecule has 29 heavy (non-hydrogen) atoms. The van der Waals surface area contributed by atoms with E-state index in [-0.39, 0.29) is 18.1 Å². The summed E-state index contributed by atoms with van der Waals surface area (Å²) in [6.07, 6.45) is 9.62. The van der Waals surface area contributed by atoms with Crippen LogP contribution in [-0.2, 0) is 0 Å². The predicted octanol–water partition coefficient (Wildman–Crippen LogP) is 1.47. The SMILES string of the molecule is Cc1c[nH]c2ncnc(N3CCN(C(=NC4CCC(N)CC4)NC#N)[C@@H](C)C3)c12. The molecule has 0 radical (unpaired) electrons. The number of fused-ring (bicyclic) bond motifs is 1. The zero-order valence-electron chi connectivity index (χ0n) is 17.1. The van der Waals surface area contributed by atoms with Crippen molar-refractivity contribution in [2.45, 2.75) is 57.7 Å². The molecule has 0 spiro atoms. The van der Waals surface area contributed by atoms with Crippen LogP contribution in [-0.4, -0.2) is 63.6 Å². The van der Waals surface area contributed by atoms with Crippen LogP contribution in [0.5, 0.6) is 0 Å². The maximum absolute atomic E-state index is 9.26. The number of nitrogens with one attached hydrogen (secondary N) is 2. The van der Waals surface area contributed by atoms with Crippen molar-refractivity contribution in [1.82, 2.24) is 25.2 Å². The lowest BCUT2D eigenvalue weighted by atomic mass is 9.92. The number of anilines is 1. The number of hydrogen-bond acceptors (Lipinski definition) is 6. The van der Waals surface area contributed by atoms with E-state index in [1.807, 2.05) is 6.20 Å². The zero-order chi connectivity index (χ0) is 20.4. The second-order valence-corrected chi connectivity index (χ2v) is 8.14. The van der Waals surface area contributed by atoms with Gasteiger partial charge in [0.05, 0.1) is 11.4 Å². The first-order valence-corrected chi connectivity index (χ1v) is 10.4. The molecule has 2 aromatic rings. The van der Waals surface area contributed by atoms with E-state index in [0.29, 0.717) is 5.96 Å². The standard InChI is InChI=1S/C20H29N9/c1-13-9-23-18-17(13)19(26-12-25-18)28-7-8-29(14(2)10-28)20(24-11-21)27-16-5-3-15(22)4-6-16/h9,12,14-16H,3-8,10,22H2,1-2H3,(H,24,27)(H,23,25,26)/t14-,15?,16?/m0/s1. The molecule has 4 rings (SSSR count). The number of nitrogens with two attached hydrogens (primary N) is 1. The van der Waals surface area contributed by atoms with Gasteiger partial charge in [-0.15, -0.1) is 0 Å². The smallest absolute Gasteiger partial charge is 0.208 e. The zero-order valence-corrected chi connectivity index (χ0v) is 17.1. The largest absolute Gasteiger partial charge is 0.352 e. The van der Waals surface area contributed by atoms with Crippen molar-refractivity contribution in [2.75, 3.05) is 24.5 Å². The average Bonchev–Trinajstić information content (AvgIpc) is 3.10. The van der Waals surface area contributed by atoms with Crippen LogP contribution in [0.15, 0.2) is 17.5 Å². The van der Waals surface area contributed by atoms with Crippen LogP contribution in [0, 0.1) is 18.4 Å². The minimum absolute atomic E-state index is 0.193. The molecule has 9 nitrogen and oxygen atoms in total. The summed E-state index contributed by atoms with van der Waals surface area (Å²) in [6.45, 7) is 6.62.